The normalized spacial score (nSPS) is 10.7. The Morgan fingerprint density at radius 2 is 1.80 bits per heavy atom. The molecule has 20 heavy (non-hydrogen) atoms. The summed E-state index contributed by atoms with van der Waals surface area (Å²) in [6.07, 6.45) is 0. The van der Waals surface area contributed by atoms with Crippen molar-refractivity contribution in [1.82, 2.24) is 9.80 Å². The molecule has 0 unspecified atom stereocenters. The summed E-state index contributed by atoms with van der Waals surface area (Å²) in [5.41, 5.74) is 0. The molecule has 0 aliphatic rings. The summed E-state index contributed by atoms with van der Waals surface area (Å²) in [6.45, 7) is 7.48. The quantitative estimate of drug-likeness (QED) is 0.728. The van der Waals surface area contributed by atoms with E-state index < -0.39 is 0 Å². The highest BCUT2D eigenvalue weighted by Gasteiger charge is 2.11. The Labute approximate surface area is 129 Å². The molecule has 0 radical (unpaired) electrons. The largest absolute Gasteiger partial charge is 0.492 e. The van der Waals surface area contributed by atoms with E-state index in [1.807, 2.05) is 31.3 Å². The highest BCUT2D eigenvalue weighted by atomic mass is 79.9. The van der Waals surface area contributed by atoms with Crippen LogP contribution in [0.4, 0.5) is 0 Å². The summed E-state index contributed by atoms with van der Waals surface area (Å²) < 4.78 is 6.64. The van der Waals surface area contributed by atoms with Crippen molar-refractivity contribution in [3.05, 3.63) is 28.7 Å². The van der Waals surface area contributed by atoms with Gasteiger partial charge in [0.05, 0.1) is 13.1 Å². The van der Waals surface area contributed by atoms with Gasteiger partial charge in [0.15, 0.2) is 0 Å². The van der Waals surface area contributed by atoms with E-state index in [4.69, 9.17) is 4.74 Å². The van der Waals surface area contributed by atoms with Crippen molar-refractivity contribution in [3.8, 4) is 5.75 Å². The number of rotatable bonds is 8. The average molecular weight is 343 g/mol. The second-order valence-corrected chi connectivity index (χ2v) is 5.49. The van der Waals surface area contributed by atoms with Crippen LogP contribution >= 0.6 is 15.9 Å². The van der Waals surface area contributed by atoms with Crippen LogP contribution in [0.5, 0.6) is 5.75 Å². The summed E-state index contributed by atoms with van der Waals surface area (Å²) >= 11 is 3.38. The van der Waals surface area contributed by atoms with Crippen molar-refractivity contribution in [1.29, 1.82) is 0 Å². The molecule has 112 valence electrons. The number of likely N-dealkylation sites (N-methyl/N-ethyl adjacent to an activating group) is 2. The summed E-state index contributed by atoms with van der Waals surface area (Å²) in [4.78, 5) is 15.8. The first kappa shape index (κ1) is 17.0. The average Bonchev–Trinajstić information content (AvgIpc) is 2.46. The van der Waals surface area contributed by atoms with Gasteiger partial charge in [-0.3, -0.25) is 9.69 Å². The zero-order valence-electron chi connectivity index (χ0n) is 12.4. The molecule has 0 saturated carbocycles. The number of hydrogen-bond acceptors (Lipinski definition) is 3. The third kappa shape index (κ3) is 5.92. The van der Waals surface area contributed by atoms with Crippen molar-refractivity contribution in [2.45, 2.75) is 13.8 Å². The Kier molecular flexibility index (Phi) is 7.62. The SMILES string of the molecule is CCN(CC)CC(=O)N(C)CCOc1ccc(Br)cc1. The van der Waals surface area contributed by atoms with Crippen molar-refractivity contribution in [2.75, 3.05) is 39.8 Å². The molecule has 0 aromatic heterocycles. The van der Waals surface area contributed by atoms with Gasteiger partial charge >= 0.3 is 0 Å². The van der Waals surface area contributed by atoms with Gasteiger partial charge in [-0.05, 0) is 37.4 Å². The summed E-state index contributed by atoms with van der Waals surface area (Å²) in [6, 6.07) is 7.68. The van der Waals surface area contributed by atoms with E-state index in [1.54, 1.807) is 4.90 Å². The topological polar surface area (TPSA) is 32.8 Å². The second kappa shape index (κ2) is 8.97. The molecule has 0 aliphatic heterocycles. The highest BCUT2D eigenvalue weighted by molar-refractivity contribution is 9.10. The zero-order valence-corrected chi connectivity index (χ0v) is 14.0. The molecular weight excluding hydrogens is 320 g/mol. The minimum absolute atomic E-state index is 0.133. The Morgan fingerprint density at radius 3 is 2.35 bits per heavy atom. The molecule has 4 nitrogen and oxygen atoms in total. The van der Waals surface area contributed by atoms with Crippen molar-refractivity contribution in [3.63, 3.8) is 0 Å². The molecule has 0 bridgehead atoms. The Bertz CT molecular complexity index is 405. The van der Waals surface area contributed by atoms with E-state index >= 15 is 0 Å². The molecule has 0 N–H and O–H groups in total. The molecular formula is C15H23BrN2O2. The number of amides is 1. The maximum Gasteiger partial charge on any atom is 0.236 e. The smallest absolute Gasteiger partial charge is 0.236 e. The molecule has 0 heterocycles. The molecule has 0 aliphatic carbocycles. The van der Waals surface area contributed by atoms with E-state index in [-0.39, 0.29) is 5.91 Å². The molecule has 0 fully saturated rings. The summed E-state index contributed by atoms with van der Waals surface area (Å²) in [5.74, 6) is 0.950. The van der Waals surface area contributed by atoms with E-state index in [9.17, 15) is 4.79 Å². The molecule has 0 saturated heterocycles. The van der Waals surface area contributed by atoms with Gasteiger partial charge in [0.25, 0.3) is 0 Å². The van der Waals surface area contributed by atoms with E-state index in [2.05, 4.69) is 34.7 Å². The number of hydrogen-bond donors (Lipinski definition) is 0. The van der Waals surface area contributed by atoms with Crippen molar-refractivity contribution >= 4 is 21.8 Å². The Morgan fingerprint density at radius 1 is 1.20 bits per heavy atom. The van der Waals surface area contributed by atoms with E-state index in [0.29, 0.717) is 19.7 Å². The van der Waals surface area contributed by atoms with Crippen molar-refractivity contribution < 1.29 is 9.53 Å². The Balaban J connectivity index is 2.30. The van der Waals surface area contributed by atoms with Gasteiger partial charge < -0.3 is 9.64 Å². The second-order valence-electron chi connectivity index (χ2n) is 4.58. The monoisotopic (exact) mass is 342 g/mol. The lowest BCUT2D eigenvalue weighted by Crippen LogP contribution is -2.39. The van der Waals surface area contributed by atoms with Gasteiger partial charge in [-0.1, -0.05) is 29.8 Å². The van der Waals surface area contributed by atoms with Crippen LogP contribution < -0.4 is 4.74 Å². The molecule has 1 aromatic rings. The van der Waals surface area contributed by atoms with E-state index in [1.165, 1.54) is 0 Å². The molecule has 0 atom stereocenters. The molecule has 1 rings (SSSR count). The third-order valence-electron chi connectivity index (χ3n) is 3.19. The maximum absolute atomic E-state index is 12.0. The first-order valence-electron chi connectivity index (χ1n) is 6.91. The number of carbonyl (C=O) groups is 1. The minimum Gasteiger partial charge on any atom is -0.492 e. The van der Waals surface area contributed by atoms with Crippen LogP contribution in [0.1, 0.15) is 13.8 Å². The van der Waals surface area contributed by atoms with Crippen LogP contribution in [0, 0.1) is 0 Å². The third-order valence-corrected chi connectivity index (χ3v) is 3.72. The lowest BCUT2D eigenvalue weighted by Gasteiger charge is -2.22. The van der Waals surface area contributed by atoms with Crippen LogP contribution in [0.2, 0.25) is 0 Å². The first-order valence-corrected chi connectivity index (χ1v) is 7.70. The number of nitrogens with zero attached hydrogens (tertiary/aromatic N) is 2. The first-order chi connectivity index (χ1) is 9.56. The fraction of sp³-hybridized carbons (Fsp3) is 0.533. The van der Waals surface area contributed by atoms with Crippen LogP contribution in [-0.2, 0) is 4.79 Å². The number of carbonyl (C=O) groups excluding carboxylic acids is 1. The van der Waals surface area contributed by atoms with Crippen LogP contribution in [0.25, 0.3) is 0 Å². The zero-order chi connectivity index (χ0) is 15.0. The standard InChI is InChI=1S/C15H23BrN2O2/c1-4-18(5-2)12-15(19)17(3)10-11-20-14-8-6-13(16)7-9-14/h6-9H,4-5,10-12H2,1-3H3. The van der Waals surface area contributed by atoms with Crippen molar-refractivity contribution in [2.24, 2.45) is 0 Å². The summed E-state index contributed by atoms with van der Waals surface area (Å²) in [7, 11) is 1.82. The molecule has 1 aromatic carbocycles. The van der Waals surface area contributed by atoms with Gasteiger partial charge in [-0.2, -0.15) is 0 Å². The van der Waals surface area contributed by atoms with Gasteiger partial charge in [0.2, 0.25) is 5.91 Å². The van der Waals surface area contributed by atoms with Crippen LogP contribution in [0.15, 0.2) is 28.7 Å². The maximum atomic E-state index is 12.0. The number of benzene rings is 1. The number of ether oxygens (including phenoxy) is 1. The predicted molar refractivity (Wildman–Crippen MR) is 85.1 cm³/mol. The molecule has 0 spiro atoms. The van der Waals surface area contributed by atoms with Gasteiger partial charge in [0.1, 0.15) is 12.4 Å². The molecule has 5 heteroatoms. The minimum atomic E-state index is 0.133. The predicted octanol–water partition coefficient (Wildman–Crippen LogP) is 2.63. The summed E-state index contributed by atoms with van der Waals surface area (Å²) in [5, 5.41) is 0. The lowest BCUT2D eigenvalue weighted by atomic mass is 10.3. The Hall–Kier alpha value is -1.07. The fourth-order valence-corrected chi connectivity index (χ4v) is 1.98. The fourth-order valence-electron chi connectivity index (χ4n) is 1.72. The van der Waals surface area contributed by atoms with E-state index in [0.717, 1.165) is 23.3 Å². The number of halogens is 1. The molecule has 1 amide bonds. The highest BCUT2D eigenvalue weighted by Crippen LogP contribution is 2.15. The van der Waals surface area contributed by atoms with Gasteiger partial charge in [-0.15, -0.1) is 0 Å². The lowest BCUT2D eigenvalue weighted by molar-refractivity contribution is -0.131. The van der Waals surface area contributed by atoms with Gasteiger partial charge in [-0.25, -0.2) is 0 Å². The van der Waals surface area contributed by atoms with Gasteiger partial charge in [0, 0.05) is 11.5 Å². The van der Waals surface area contributed by atoms with Crippen LogP contribution in [-0.4, -0.2) is 55.5 Å². The van der Waals surface area contributed by atoms with Crippen LogP contribution in [0.3, 0.4) is 0 Å².